The second kappa shape index (κ2) is 7.04. The van der Waals surface area contributed by atoms with Crippen molar-refractivity contribution in [3.8, 4) is 10.6 Å². The second-order valence-electron chi connectivity index (χ2n) is 4.87. The molecule has 2 rings (SSSR count). The van der Waals surface area contributed by atoms with Crippen LogP contribution in [0.4, 0.5) is 10.5 Å². The first-order chi connectivity index (χ1) is 10.5. The van der Waals surface area contributed by atoms with Crippen molar-refractivity contribution < 1.29 is 14.7 Å². The molecule has 0 unspecified atom stereocenters. The van der Waals surface area contributed by atoms with Gasteiger partial charge < -0.3 is 15.3 Å². The SMILES string of the molecule is Cc1csc(-c2ccc(NC(=O)N(C)CCC(=O)O)cc2)n1. The molecule has 6 nitrogen and oxygen atoms in total. The van der Waals surface area contributed by atoms with Crippen molar-refractivity contribution >= 4 is 29.0 Å². The van der Waals surface area contributed by atoms with Gasteiger partial charge in [0.25, 0.3) is 0 Å². The third-order valence-electron chi connectivity index (χ3n) is 3.01. The molecule has 0 spiro atoms. The lowest BCUT2D eigenvalue weighted by Gasteiger charge is -2.16. The highest BCUT2D eigenvalue weighted by molar-refractivity contribution is 7.13. The maximum absolute atomic E-state index is 11.9. The van der Waals surface area contributed by atoms with E-state index >= 15 is 0 Å². The molecule has 0 aliphatic carbocycles. The Morgan fingerprint density at radius 2 is 2.00 bits per heavy atom. The number of anilines is 1. The van der Waals surface area contributed by atoms with Gasteiger partial charge in [0.2, 0.25) is 0 Å². The number of carbonyl (C=O) groups excluding carboxylic acids is 1. The highest BCUT2D eigenvalue weighted by Gasteiger charge is 2.10. The zero-order valence-corrected chi connectivity index (χ0v) is 13.2. The summed E-state index contributed by atoms with van der Waals surface area (Å²) in [5.74, 6) is -0.928. The van der Waals surface area contributed by atoms with E-state index in [9.17, 15) is 9.59 Å². The van der Waals surface area contributed by atoms with Gasteiger partial charge in [-0.05, 0) is 31.2 Å². The van der Waals surface area contributed by atoms with Crippen LogP contribution in [0.15, 0.2) is 29.6 Å². The molecule has 0 radical (unpaired) electrons. The van der Waals surface area contributed by atoms with Crippen LogP contribution < -0.4 is 5.32 Å². The van der Waals surface area contributed by atoms with Crippen LogP contribution in [0, 0.1) is 6.92 Å². The number of hydrogen-bond donors (Lipinski definition) is 2. The van der Waals surface area contributed by atoms with Gasteiger partial charge in [-0.1, -0.05) is 0 Å². The maximum Gasteiger partial charge on any atom is 0.321 e. The monoisotopic (exact) mass is 319 g/mol. The van der Waals surface area contributed by atoms with Crippen LogP contribution in [-0.4, -0.2) is 40.6 Å². The molecule has 7 heteroatoms. The summed E-state index contributed by atoms with van der Waals surface area (Å²) in [5.41, 5.74) is 2.64. The van der Waals surface area contributed by atoms with Crippen molar-refractivity contribution in [1.29, 1.82) is 0 Å². The van der Waals surface area contributed by atoms with Gasteiger partial charge in [0.15, 0.2) is 0 Å². The standard InChI is InChI=1S/C15H17N3O3S/c1-10-9-22-14(16-10)11-3-5-12(6-4-11)17-15(21)18(2)8-7-13(19)20/h3-6,9H,7-8H2,1-2H3,(H,17,21)(H,19,20). The van der Waals surface area contributed by atoms with Crippen LogP contribution in [0.3, 0.4) is 0 Å². The van der Waals surface area contributed by atoms with E-state index in [2.05, 4.69) is 10.3 Å². The van der Waals surface area contributed by atoms with E-state index in [1.165, 1.54) is 4.90 Å². The Morgan fingerprint density at radius 3 is 2.55 bits per heavy atom. The number of carboxylic acids is 1. The zero-order chi connectivity index (χ0) is 16.1. The predicted octanol–water partition coefficient (Wildman–Crippen LogP) is 3.06. The average molecular weight is 319 g/mol. The fourth-order valence-electron chi connectivity index (χ4n) is 1.77. The number of hydrogen-bond acceptors (Lipinski definition) is 4. The minimum Gasteiger partial charge on any atom is -0.481 e. The number of nitrogens with zero attached hydrogens (tertiary/aromatic N) is 2. The summed E-state index contributed by atoms with van der Waals surface area (Å²) >= 11 is 1.57. The maximum atomic E-state index is 11.9. The molecular formula is C15H17N3O3S. The second-order valence-corrected chi connectivity index (χ2v) is 5.72. The van der Waals surface area contributed by atoms with Gasteiger partial charge in [0, 0.05) is 35.9 Å². The number of thiazole rings is 1. The zero-order valence-electron chi connectivity index (χ0n) is 12.4. The van der Waals surface area contributed by atoms with Crippen molar-refractivity contribution in [2.75, 3.05) is 18.9 Å². The third-order valence-corrected chi connectivity index (χ3v) is 4.02. The smallest absolute Gasteiger partial charge is 0.321 e. The molecule has 116 valence electrons. The van der Waals surface area contributed by atoms with Crippen LogP contribution in [-0.2, 0) is 4.79 Å². The van der Waals surface area contributed by atoms with Crippen molar-refractivity contribution in [1.82, 2.24) is 9.88 Å². The summed E-state index contributed by atoms with van der Waals surface area (Å²) in [7, 11) is 1.56. The van der Waals surface area contributed by atoms with Gasteiger partial charge in [0.05, 0.1) is 6.42 Å². The van der Waals surface area contributed by atoms with Gasteiger partial charge in [-0.25, -0.2) is 9.78 Å². The molecule has 0 saturated carbocycles. The van der Waals surface area contributed by atoms with Crippen molar-refractivity contribution in [3.05, 3.63) is 35.3 Å². The lowest BCUT2D eigenvalue weighted by Crippen LogP contribution is -2.33. The largest absolute Gasteiger partial charge is 0.481 e. The molecule has 1 heterocycles. The highest BCUT2D eigenvalue weighted by Crippen LogP contribution is 2.24. The number of carboxylic acid groups (broad SMARTS) is 1. The van der Waals surface area contributed by atoms with Gasteiger partial charge in [-0.15, -0.1) is 11.3 Å². The number of urea groups is 1. The van der Waals surface area contributed by atoms with Gasteiger partial charge in [-0.3, -0.25) is 4.79 Å². The van der Waals surface area contributed by atoms with E-state index < -0.39 is 5.97 Å². The summed E-state index contributed by atoms with van der Waals surface area (Å²) in [6, 6.07) is 7.05. The summed E-state index contributed by atoms with van der Waals surface area (Å²) < 4.78 is 0. The van der Waals surface area contributed by atoms with E-state index in [1.54, 1.807) is 30.5 Å². The first-order valence-corrected chi connectivity index (χ1v) is 7.60. The molecule has 22 heavy (non-hydrogen) atoms. The third kappa shape index (κ3) is 4.29. The molecule has 1 aromatic heterocycles. The fraction of sp³-hybridized carbons (Fsp3) is 0.267. The summed E-state index contributed by atoms with van der Waals surface area (Å²) in [6.45, 7) is 2.11. The molecule has 2 aromatic rings. The Morgan fingerprint density at radius 1 is 1.32 bits per heavy atom. The van der Waals surface area contributed by atoms with Crippen LogP contribution >= 0.6 is 11.3 Å². The van der Waals surface area contributed by atoms with Gasteiger partial charge in [0.1, 0.15) is 5.01 Å². The van der Waals surface area contributed by atoms with Crippen molar-refractivity contribution in [2.24, 2.45) is 0 Å². The number of carbonyl (C=O) groups is 2. The van der Waals surface area contributed by atoms with Crippen molar-refractivity contribution in [2.45, 2.75) is 13.3 Å². The summed E-state index contributed by atoms with van der Waals surface area (Å²) in [6.07, 6.45) is -0.0771. The molecule has 0 aliphatic rings. The minimum absolute atomic E-state index is 0.0771. The molecule has 0 aliphatic heterocycles. The van der Waals surface area contributed by atoms with E-state index in [4.69, 9.17) is 5.11 Å². The Kier molecular flexibility index (Phi) is 5.11. The van der Waals surface area contributed by atoms with Crippen LogP contribution in [0.2, 0.25) is 0 Å². The minimum atomic E-state index is -0.928. The molecule has 2 N–H and O–H groups in total. The molecule has 0 atom stereocenters. The first kappa shape index (κ1) is 16.0. The number of amides is 2. The van der Waals surface area contributed by atoms with Crippen LogP contribution in [0.5, 0.6) is 0 Å². The molecule has 0 fully saturated rings. The Labute approximate surface area is 132 Å². The van der Waals surface area contributed by atoms with E-state index in [0.29, 0.717) is 5.69 Å². The van der Waals surface area contributed by atoms with E-state index in [-0.39, 0.29) is 19.0 Å². The first-order valence-electron chi connectivity index (χ1n) is 6.72. The fourth-order valence-corrected chi connectivity index (χ4v) is 2.57. The lowest BCUT2D eigenvalue weighted by atomic mass is 10.2. The number of aromatic nitrogens is 1. The number of benzene rings is 1. The average Bonchev–Trinajstić information content (AvgIpc) is 2.92. The molecule has 0 bridgehead atoms. The topological polar surface area (TPSA) is 82.5 Å². The Hall–Kier alpha value is -2.41. The Balaban J connectivity index is 1.96. The van der Waals surface area contributed by atoms with Crippen LogP contribution in [0.25, 0.3) is 10.6 Å². The summed E-state index contributed by atoms with van der Waals surface area (Å²) in [4.78, 5) is 28.1. The Bertz CT molecular complexity index is 667. The number of aliphatic carboxylic acids is 1. The molecular weight excluding hydrogens is 302 g/mol. The van der Waals surface area contributed by atoms with E-state index in [1.807, 2.05) is 24.4 Å². The molecule has 1 aromatic carbocycles. The van der Waals surface area contributed by atoms with Gasteiger partial charge >= 0.3 is 12.0 Å². The molecule has 0 saturated heterocycles. The molecule has 2 amide bonds. The lowest BCUT2D eigenvalue weighted by molar-refractivity contribution is -0.137. The van der Waals surface area contributed by atoms with Crippen LogP contribution in [0.1, 0.15) is 12.1 Å². The predicted molar refractivity (Wildman–Crippen MR) is 86.2 cm³/mol. The quantitative estimate of drug-likeness (QED) is 0.887. The number of rotatable bonds is 5. The normalized spacial score (nSPS) is 10.3. The highest BCUT2D eigenvalue weighted by atomic mass is 32.1. The number of aryl methyl sites for hydroxylation is 1. The summed E-state index contributed by atoms with van der Waals surface area (Å²) in [5, 5.41) is 14.3. The number of nitrogens with one attached hydrogen (secondary N) is 1. The van der Waals surface area contributed by atoms with Gasteiger partial charge in [-0.2, -0.15) is 0 Å². The van der Waals surface area contributed by atoms with Crippen molar-refractivity contribution in [3.63, 3.8) is 0 Å². The van der Waals surface area contributed by atoms with E-state index in [0.717, 1.165) is 16.3 Å².